The molecule has 7 nitrogen and oxygen atoms in total. The van der Waals surface area contributed by atoms with Gasteiger partial charge in [-0.15, -0.1) is 0 Å². The first-order valence-corrected chi connectivity index (χ1v) is 8.84. The molecule has 4 rings (SSSR count). The van der Waals surface area contributed by atoms with Gasteiger partial charge in [-0.1, -0.05) is 40.9 Å². The van der Waals surface area contributed by atoms with Gasteiger partial charge < -0.3 is 10.5 Å². The lowest BCUT2D eigenvalue weighted by Crippen LogP contribution is -2.42. The Kier molecular flexibility index (Phi) is 4.44. The number of carbonyl (C=O) groups excluding carboxylic acids is 1. The molecule has 0 saturated heterocycles. The van der Waals surface area contributed by atoms with E-state index < -0.39 is 5.97 Å². The first-order valence-electron chi connectivity index (χ1n) is 8.46. The van der Waals surface area contributed by atoms with Crippen molar-refractivity contribution in [3.63, 3.8) is 0 Å². The lowest BCUT2D eigenvalue weighted by Gasteiger charge is -2.12. The molecule has 0 aliphatic heterocycles. The number of ether oxygens (including phenoxy) is 1. The first-order chi connectivity index (χ1) is 13.5. The van der Waals surface area contributed by atoms with Crippen LogP contribution in [0.4, 0.5) is 5.82 Å². The van der Waals surface area contributed by atoms with Crippen molar-refractivity contribution < 1.29 is 14.1 Å². The van der Waals surface area contributed by atoms with Crippen LogP contribution in [0.25, 0.3) is 16.7 Å². The molecule has 8 heteroatoms. The van der Waals surface area contributed by atoms with E-state index in [1.54, 1.807) is 35.0 Å². The Morgan fingerprint density at radius 2 is 2.00 bits per heavy atom. The molecular weight excluding hydrogens is 380 g/mol. The van der Waals surface area contributed by atoms with Crippen LogP contribution in [-0.4, -0.2) is 22.5 Å². The van der Waals surface area contributed by atoms with Crippen molar-refractivity contribution in [2.45, 2.75) is 6.54 Å². The summed E-state index contributed by atoms with van der Waals surface area (Å²) in [6.07, 6.45) is 1.62. The number of anilines is 1. The van der Waals surface area contributed by atoms with Crippen molar-refractivity contribution in [3.05, 3.63) is 81.2 Å². The van der Waals surface area contributed by atoms with Crippen molar-refractivity contribution in [2.75, 3.05) is 12.8 Å². The van der Waals surface area contributed by atoms with Crippen molar-refractivity contribution in [1.29, 1.82) is 0 Å². The van der Waals surface area contributed by atoms with E-state index in [0.29, 0.717) is 16.3 Å². The van der Waals surface area contributed by atoms with Gasteiger partial charge in [-0.2, -0.15) is 0 Å². The van der Waals surface area contributed by atoms with Gasteiger partial charge in [-0.05, 0) is 24.3 Å². The standard InChI is InChI=1S/C20H15ClN4O3/c1-28-20(27)13-10-14-18(23-16-8-4-5-9-24(16)19(14)26)25(17(13)22)11-12-6-2-3-7-15(12)21/h2-10,22H,11H2,1H3/p+1. The molecule has 0 fully saturated rings. The van der Waals surface area contributed by atoms with Crippen molar-refractivity contribution in [2.24, 2.45) is 0 Å². The Bertz CT molecular complexity index is 1300. The summed E-state index contributed by atoms with van der Waals surface area (Å²) in [7, 11) is 1.26. The third-order valence-corrected chi connectivity index (χ3v) is 4.92. The van der Waals surface area contributed by atoms with Gasteiger partial charge in [0.05, 0.1) is 13.7 Å². The van der Waals surface area contributed by atoms with E-state index in [1.807, 2.05) is 18.2 Å². The van der Waals surface area contributed by atoms with E-state index in [0.717, 1.165) is 5.56 Å². The second-order valence-corrected chi connectivity index (χ2v) is 6.60. The first kappa shape index (κ1) is 17.9. The molecule has 0 unspecified atom stereocenters. The van der Waals surface area contributed by atoms with Gasteiger partial charge in [0.15, 0.2) is 0 Å². The number of hydrogen-bond acceptors (Lipinski definition) is 5. The number of halogens is 1. The molecule has 4 aromatic rings. The van der Waals surface area contributed by atoms with E-state index in [4.69, 9.17) is 22.1 Å². The second-order valence-electron chi connectivity index (χ2n) is 6.20. The zero-order valence-corrected chi connectivity index (χ0v) is 15.7. The number of aromatic nitrogens is 3. The smallest absolute Gasteiger partial charge is 0.344 e. The van der Waals surface area contributed by atoms with E-state index in [-0.39, 0.29) is 28.9 Å². The van der Waals surface area contributed by atoms with Crippen LogP contribution in [0.2, 0.25) is 5.02 Å². The number of esters is 1. The molecule has 0 amide bonds. The largest absolute Gasteiger partial charge is 0.465 e. The van der Waals surface area contributed by atoms with Crippen molar-refractivity contribution in [3.8, 4) is 0 Å². The summed E-state index contributed by atoms with van der Waals surface area (Å²) in [5.41, 5.74) is 7.69. The molecule has 140 valence electrons. The average Bonchev–Trinajstić information content (AvgIpc) is 2.71. The number of nitrogens with zero attached hydrogens (tertiary/aromatic N) is 3. The fourth-order valence-electron chi connectivity index (χ4n) is 3.13. The molecule has 0 saturated carbocycles. The monoisotopic (exact) mass is 395 g/mol. The normalized spacial score (nSPS) is 11.1. The van der Waals surface area contributed by atoms with Crippen LogP contribution in [0.5, 0.6) is 0 Å². The van der Waals surface area contributed by atoms with Gasteiger partial charge in [-0.3, -0.25) is 9.20 Å². The summed E-state index contributed by atoms with van der Waals surface area (Å²) < 4.78 is 7.86. The fourth-order valence-corrected chi connectivity index (χ4v) is 3.33. The van der Waals surface area contributed by atoms with E-state index in [9.17, 15) is 9.59 Å². The Balaban J connectivity index is 2.10. The Morgan fingerprint density at radius 3 is 2.75 bits per heavy atom. The fraction of sp³-hybridized carbons (Fsp3) is 0.100. The van der Waals surface area contributed by atoms with Gasteiger partial charge >= 0.3 is 5.97 Å². The van der Waals surface area contributed by atoms with Crippen LogP contribution in [0.15, 0.2) is 59.5 Å². The molecule has 0 aliphatic carbocycles. The van der Waals surface area contributed by atoms with Gasteiger partial charge in [0.25, 0.3) is 11.2 Å². The summed E-state index contributed by atoms with van der Waals surface area (Å²) in [4.78, 5) is 29.9. The Morgan fingerprint density at radius 1 is 1.25 bits per heavy atom. The molecule has 0 spiro atoms. The highest BCUT2D eigenvalue weighted by Gasteiger charge is 2.25. The van der Waals surface area contributed by atoms with Crippen LogP contribution in [0.1, 0.15) is 15.9 Å². The molecule has 0 atom stereocenters. The highest BCUT2D eigenvalue weighted by molar-refractivity contribution is 6.31. The Labute approximate surface area is 164 Å². The molecule has 3 aromatic heterocycles. The third-order valence-electron chi connectivity index (χ3n) is 4.55. The molecule has 0 bridgehead atoms. The van der Waals surface area contributed by atoms with E-state index in [2.05, 4.69) is 4.98 Å². The maximum absolute atomic E-state index is 13.0. The van der Waals surface area contributed by atoms with Crippen LogP contribution in [0, 0.1) is 0 Å². The highest BCUT2D eigenvalue weighted by Crippen LogP contribution is 2.19. The summed E-state index contributed by atoms with van der Waals surface area (Å²) in [5.74, 6) is -0.490. The lowest BCUT2D eigenvalue weighted by molar-refractivity contribution is -0.649. The predicted molar refractivity (Wildman–Crippen MR) is 105 cm³/mol. The van der Waals surface area contributed by atoms with Crippen molar-refractivity contribution >= 4 is 40.1 Å². The topological polar surface area (TPSA) is 90.6 Å². The molecule has 0 aliphatic rings. The summed E-state index contributed by atoms with van der Waals surface area (Å²) in [6.45, 7) is 0.238. The number of nitrogens with two attached hydrogens (primary N) is 1. The zero-order chi connectivity index (χ0) is 19.8. The van der Waals surface area contributed by atoms with Crippen LogP contribution in [0.3, 0.4) is 0 Å². The van der Waals surface area contributed by atoms with Crippen LogP contribution < -0.4 is 15.9 Å². The number of hydrogen-bond donors (Lipinski definition) is 1. The molecule has 28 heavy (non-hydrogen) atoms. The number of carbonyl (C=O) groups is 1. The number of nitrogen functional groups attached to an aromatic ring is 1. The van der Waals surface area contributed by atoms with Gasteiger partial charge in [0.1, 0.15) is 10.9 Å². The van der Waals surface area contributed by atoms with Gasteiger partial charge in [0, 0.05) is 16.8 Å². The van der Waals surface area contributed by atoms with Crippen LogP contribution >= 0.6 is 11.6 Å². The Hall–Kier alpha value is -3.45. The van der Waals surface area contributed by atoms with Crippen molar-refractivity contribution in [1.82, 2.24) is 9.38 Å². The minimum absolute atomic E-state index is 0.0943. The number of rotatable bonds is 3. The molecule has 3 heterocycles. The molecular formula is C20H16ClN4O3+. The summed E-state index contributed by atoms with van der Waals surface area (Å²) in [5, 5.41) is 0.800. The van der Waals surface area contributed by atoms with Gasteiger partial charge in [-0.25, -0.2) is 9.36 Å². The maximum Gasteiger partial charge on any atom is 0.344 e. The lowest BCUT2D eigenvalue weighted by atomic mass is 10.1. The van der Waals surface area contributed by atoms with E-state index >= 15 is 0 Å². The minimum atomic E-state index is -0.634. The highest BCUT2D eigenvalue weighted by atomic mass is 35.5. The SMILES string of the molecule is COC(=O)c1cc2c(=O)n3ccccc3nc2[n+](Cc2ccccc2Cl)c1N. The minimum Gasteiger partial charge on any atom is -0.465 e. The summed E-state index contributed by atoms with van der Waals surface area (Å²) >= 11 is 6.30. The third kappa shape index (κ3) is 2.86. The average molecular weight is 396 g/mol. The number of methoxy groups -OCH3 is 1. The quantitative estimate of drug-likeness (QED) is 0.326. The number of pyridine rings is 2. The predicted octanol–water partition coefficient (Wildman–Crippen LogP) is 2.21. The molecule has 0 radical (unpaired) electrons. The van der Waals surface area contributed by atoms with Crippen LogP contribution in [-0.2, 0) is 11.3 Å². The molecule has 2 N–H and O–H groups in total. The zero-order valence-electron chi connectivity index (χ0n) is 14.9. The number of fused-ring (bicyclic) bond motifs is 2. The van der Waals surface area contributed by atoms with Gasteiger partial charge in [0.2, 0.25) is 11.5 Å². The maximum atomic E-state index is 13.0. The number of benzene rings is 1. The second kappa shape index (κ2) is 6.94. The van der Waals surface area contributed by atoms with E-state index in [1.165, 1.54) is 17.6 Å². The molecule has 1 aromatic carbocycles. The summed E-state index contributed by atoms with van der Waals surface area (Å²) in [6, 6.07) is 14.0.